The van der Waals surface area contributed by atoms with E-state index in [0.29, 0.717) is 17.6 Å². The molecule has 1 aromatic carbocycles. The van der Waals surface area contributed by atoms with E-state index in [2.05, 4.69) is 9.72 Å². The lowest BCUT2D eigenvalue weighted by molar-refractivity contribution is 0.0593. The number of pyridine rings is 1. The molecule has 2 rings (SSSR count). The molecular formula is C15H13NO5. The van der Waals surface area contributed by atoms with Crippen molar-refractivity contribution in [1.82, 2.24) is 4.98 Å². The van der Waals surface area contributed by atoms with Crippen LogP contribution in [0, 0.1) is 0 Å². The smallest absolute Gasteiger partial charge is 0.354 e. The van der Waals surface area contributed by atoms with E-state index >= 15 is 0 Å². The van der Waals surface area contributed by atoms with Crippen LogP contribution in [0.4, 0.5) is 0 Å². The Bertz CT molecular complexity index is 731. The summed E-state index contributed by atoms with van der Waals surface area (Å²) < 4.78 is 9.62. The topological polar surface area (TPSA) is 85.5 Å². The predicted molar refractivity (Wildman–Crippen MR) is 75.8 cm³/mol. The number of nitrogens with one attached hydrogen (secondary N) is 1. The first-order valence-corrected chi connectivity index (χ1v) is 6.06. The number of H-pyrrole nitrogens is 1. The third kappa shape index (κ3) is 2.84. The molecule has 6 nitrogen and oxygen atoms in total. The van der Waals surface area contributed by atoms with Gasteiger partial charge in [0, 0.05) is 6.07 Å². The Labute approximate surface area is 120 Å². The lowest BCUT2D eigenvalue weighted by atomic mass is 10.1. The van der Waals surface area contributed by atoms with Crippen molar-refractivity contribution in [1.29, 1.82) is 0 Å². The molecule has 0 saturated carbocycles. The Morgan fingerprint density at radius 3 is 2.38 bits per heavy atom. The maximum absolute atomic E-state index is 11.9. The number of benzene rings is 1. The minimum atomic E-state index is -0.681. The standard InChI is InChI=1S/C15H13NO5/c1-20-10-5-3-9(4-6-10)14-11(8-17)13(18)7-12(16-14)15(19)21-2/h3-8H,1-2H3,(H,16,18). The van der Waals surface area contributed by atoms with Crippen molar-refractivity contribution in [3.05, 3.63) is 51.8 Å². The van der Waals surface area contributed by atoms with Gasteiger partial charge in [0.25, 0.3) is 0 Å². The van der Waals surface area contributed by atoms with Crippen LogP contribution >= 0.6 is 0 Å². The minimum absolute atomic E-state index is 0.0149. The zero-order valence-electron chi connectivity index (χ0n) is 11.5. The second-order valence-electron chi connectivity index (χ2n) is 4.17. The van der Waals surface area contributed by atoms with Gasteiger partial charge in [0.15, 0.2) is 11.7 Å². The first-order valence-electron chi connectivity index (χ1n) is 6.06. The Kier molecular flexibility index (Phi) is 4.18. The zero-order valence-corrected chi connectivity index (χ0v) is 11.5. The molecule has 0 saturated heterocycles. The van der Waals surface area contributed by atoms with Gasteiger partial charge in [-0.3, -0.25) is 9.59 Å². The molecule has 0 spiro atoms. The average molecular weight is 287 g/mol. The highest BCUT2D eigenvalue weighted by molar-refractivity contribution is 5.91. The number of carbonyl (C=O) groups is 2. The number of aldehydes is 1. The van der Waals surface area contributed by atoms with Crippen LogP contribution in [-0.4, -0.2) is 31.5 Å². The molecule has 2 aromatic rings. The van der Waals surface area contributed by atoms with E-state index in [-0.39, 0.29) is 17.0 Å². The van der Waals surface area contributed by atoms with E-state index in [1.807, 2.05) is 0 Å². The van der Waals surface area contributed by atoms with Gasteiger partial charge in [-0.2, -0.15) is 0 Å². The molecule has 108 valence electrons. The molecule has 1 aromatic heterocycles. The summed E-state index contributed by atoms with van der Waals surface area (Å²) in [6.45, 7) is 0. The van der Waals surface area contributed by atoms with E-state index in [9.17, 15) is 14.4 Å². The normalized spacial score (nSPS) is 10.0. The Balaban J connectivity index is 2.64. The highest BCUT2D eigenvalue weighted by atomic mass is 16.5. The van der Waals surface area contributed by atoms with Crippen LogP contribution in [0.15, 0.2) is 35.1 Å². The Morgan fingerprint density at radius 1 is 1.19 bits per heavy atom. The van der Waals surface area contributed by atoms with Crippen molar-refractivity contribution >= 4 is 12.3 Å². The molecule has 0 unspecified atom stereocenters. The molecule has 0 amide bonds. The average Bonchev–Trinajstić information content (AvgIpc) is 2.53. The van der Waals surface area contributed by atoms with Gasteiger partial charge in [0.2, 0.25) is 0 Å². The van der Waals surface area contributed by atoms with E-state index in [1.165, 1.54) is 14.2 Å². The van der Waals surface area contributed by atoms with Gasteiger partial charge in [-0.05, 0) is 29.8 Å². The van der Waals surface area contributed by atoms with Gasteiger partial charge in [-0.25, -0.2) is 4.79 Å². The summed E-state index contributed by atoms with van der Waals surface area (Å²) in [6, 6.07) is 7.78. The molecule has 0 radical (unpaired) electrons. The number of carbonyl (C=O) groups excluding carboxylic acids is 2. The highest BCUT2D eigenvalue weighted by Crippen LogP contribution is 2.22. The van der Waals surface area contributed by atoms with Crippen molar-refractivity contribution in [2.45, 2.75) is 0 Å². The van der Waals surface area contributed by atoms with Crippen molar-refractivity contribution in [2.24, 2.45) is 0 Å². The third-order valence-corrected chi connectivity index (χ3v) is 2.97. The van der Waals surface area contributed by atoms with Crippen molar-refractivity contribution in [2.75, 3.05) is 14.2 Å². The number of rotatable bonds is 4. The second kappa shape index (κ2) is 6.04. The molecule has 21 heavy (non-hydrogen) atoms. The van der Waals surface area contributed by atoms with Crippen LogP contribution in [0.5, 0.6) is 5.75 Å². The van der Waals surface area contributed by atoms with Crippen LogP contribution < -0.4 is 10.2 Å². The fourth-order valence-electron chi connectivity index (χ4n) is 1.89. The Hall–Kier alpha value is -2.89. The number of hydrogen-bond acceptors (Lipinski definition) is 5. The Morgan fingerprint density at radius 2 is 1.86 bits per heavy atom. The number of aromatic nitrogens is 1. The van der Waals surface area contributed by atoms with Crippen molar-refractivity contribution < 1.29 is 19.1 Å². The van der Waals surface area contributed by atoms with Crippen LogP contribution in [0.1, 0.15) is 20.8 Å². The maximum atomic E-state index is 11.9. The molecule has 0 aliphatic rings. The minimum Gasteiger partial charge on any atom is -0.497 e. The van der Waals surface area contributed by atoms with Crippen LogP contribution in [0.25, 0.3) is 11.3 Å². The first-order chi connectivity index (χ1) is 10.1. The number of ether oxygens (including phenoxy) is 2. The molecular weight excluding hydrogens is 274 g/mol. The molecule has 0 aliphatic heterocycles. The molecule has 0 atom stereocenters. The van der Waals surface area contributed by atoms with Crippen LogP contribution in [0.3, 0.4) is 0 Å². The lowest BCUT2D eigenvalue weighted by Gasteiger charge is -2.08. The fourth-order valence-corrected chi connectivity index (χ4v) is 1.89. The van der Waals surface area contributed by atoms with Crippen molar-refractivity contribution in [3.8, 4) is 17.0 Å². The highest BCUT2D eigenvalue weighted by Gasteiger charge is 2.15. The second-order valence-corrected chi connectivity index (χ2v) is 4.17. The first kappa shape index (κ1) is 14.5. The van der Waals surface area contributed by atoms with Gasteiger partial charge in [-0.15, -0.1) is 0 Å². The van der Waals surface area contributed by atoms with E-state index in [0.717, 1.165) is 6.07 Å². The monoisotopic (exact) mass is 287 g/mol. The summed E-state index contributed by atoms with van der Waals surface area (Å²) in [5.74, 6) is -0.0443. The van der Waals surface area contributed by atoms with E-state index in [4.69, 9.17) is 4.74 Å². The molecule has 0 fully saturated rings. The number of hydrogen-bond donors (Lipinski definition) is 1. The molecule has 6 heteroatoms. The maximum Gasteiger partial charge on any atom is 0.354 e. The van der Waals surface area contributed by atoms with Gasteiger partial charge in [-0.1, -0.05) is 0 Å². The summed E-state index contributed by atoms with van der Waals surface area (Å²) in [7, 11) is 2.74. The fraction of sp³-hybridized carbons (Fsp3) is 0.133. The number of methoxy groups -OCH3 is 2. The SMILES string of the molecule is COC(=O)c1cc(=O)c(C=O)c(-c2ccc(OC)cc2)[nH]1. The van der Waals surface area contributed by atoms with Crippen molar-refractivity contribution in [3.63, 3.8) is 0 Å². The summed E-state index contributed by atoms with van der Waals surface area (Å²) in [4.78, 5) is 37.4. The van der Waals surface area contributed by atoms with Gasteiger partial charge in [0.1, 0.15) is 11.4 Å². The zero-order chi connectivity index (χ0) is 15.4. The predicted octanol–water partition coefficient (Wildman–Crippen LogP) is 1.65. The van der Waals surface area contributed by atoms with Gasteiger partial charge in [0.05, 0.1) is 25.5 Å². The quantitative estimate of drug-likeness (QED) is 0.682. The van der Waals surface area contributed by atoms with Gasteiger partial charge >= 0.3 is 5.97 Å². The summed E-state index contributed by atoms with van der Waals surface area (Å²) in [6.07, 6.45) is 0.458. The van der Waals surface area contributed by atoms with E-state index < -0.39 is 11.4 Å². The summed E-state index contributed by atoms with van der Waals surface area (Å²) >= 11 is 0. The molecule has 1 heterocycles. The summed E-state index contributed by atoms with van der Waals surface area (Å²) in [5.41, 5.74) is 0.239. The van der Waals surface area contributed by atoms with E-state index in [1.54, 1.807) is 24.3 Å². The molecule has 1 N–H and O–H groups in total. The summed E-state index contributed by atoms with van der Waals surface area (Å²) in [5, 5.41) is 0. The van der Waals surface area contributed by atoms with Gasteiger partial charge < -0.3 is 14.5 Å². The molecule has 0 aliphatic carbocycles. The largest absolute Gasteiger partial charge is 0.497 e. The number of esters is 1. The lowest BCUT2D eigenvalue weighted by Crippen LogP contribution is -2.16. The number of aromatic amines is 1. The van der Waals surface area contributed by atoms with Crippen LogP contribution in [0.2, 0.25) is 0 Å². The molecule has 0 bridgehead atoms. The van der Waals surface area contributed by atoms with Crippen LogP contribution in [-0.2, 0) is 4.74 Å². The third-order valence-electron chi connectivity index (χ3n) is 2.97.